The van der Waals surface area contributed by atoms with Gasteiger partial charge < -0.3 is 4.57 Å². The molecule has 144 valence electrons. The van der Waals surface area contributed by atoms with Gasteiger partial charge in [-0.05, 0) is 61.1 Å². The molecule has 4 nitrogen and oxygen atoms in total. The number of benzene rings is 2. The lowest BCUT2D eigenvalue weighted by Crippen LogP contribution is -2.13. The molecule has 0 atom stereocenters. The maximum Gasteiger partial charge on any atom is 0.144 e. The van der Waals surface area contributed by atoms with Crippen LogP contribution < -0.4 is 0 Å². The molecule has 0 amide bonds. The second-order valence-electron chi connectivity index (χ2n) is 8.75. The largest absolute Gasteiger partial charge is 0.331 e. The fraction of sp³-hybridized carbons (Fsp3) is 0.333. The maximum atomic E-state index is 4.69. The number of imidazole rings is 2. The summed E-state index contributed by atoms with van der Waals surface area (Å²) in [5.74, 6) is 1.97. The van der Waals surface area contributed by atoms with Crippen molar-refractivity contribution >= 4 is 11.0 Å². The van der Waals surface area contributed by atoms with Crippen LogP contribution in [0.2, 0.25) is 0 Å². The first-order chi connectivity index (χ1) is 13.2. The molecule has 0 spiro atoms. The number of rotatable bonds is 2. The van der Waals surface area contributed by atoms with E-state index in [0.717, 1.165) is 28.2 Å². The van der Waals surface area contributed by atoms with E-state index in [2.05, 4.69) is 92.3 Å². The fourth-order valence-corrected chi connectivity index (χ4v) is 3.92. The second kappa shape index (κ2) is 6.33. The van der Waals surface area contributed by atoms with E-state index in [9.17, 15) is 0 Å². The van der Waals surface area contributed by atoms with Crippen LogP contribution >= 0.6 is 0 Å². The van der Waals surface area contributed by atoms with Crippen LogP contribution in [-0.4, -0.2) is 19.1 Å². The lowest BCUT2D eigenvalue weighted by Gasteiger charge is -2.23. The minimum Gasteiger partial charge on any atom is -0.331 e. The zero-order valence-corrected chi connectivity index (χ0v) is 17.8. The number of hydrogen-bond donors (Lipinski definition) is 0. The molecule has 2 aromatic carbocycles. The molecular formula is C24H28N4. The number of nitrogens with zero attached hydrogens (tertiary/aromatic N) is 4. The molecule has 4 heteroatoms. The van der Waals surface area contributed by atoms with E-state index in [0.29, 0.717) is 0 Å². The third-order valence-electron chi connectivity index (χ3n) is 5.60. The van der Waals surface area contributed by atoms with Crippen LogP contribution in [0, 0.1) is 20.8 Å². The fourth-order valence-electron chi connectivity index (χ4n) is 3.92. The van der Waals surface area contributed by atoms with Crippen LogP contribution in [-0.2, 0) is 12.5 Å². The Morgan fingerprint density at radius 2 is 1.61 bits per heavy atom. The van der Waals surface area contributed by atoms with Gasteiger partial charge >= 0.3 is 0 Å². The average Bonchev–Trinajstić information content (AvgIpc) is 3.19. The zero-order valence-electron chi connectivity index (χ0n) is 17.8. The van der Waals surface area contributed by atoms with Gasteiger partial charge in [0.2, 0.25) is 0 Å². The van der Waals surface area contributed by atoms with Gasteiger partial charge in [0.25, 0.3) is 0 Å². The highest BCUT2D eigenvalue weighted by Crippen LogP contribution is 2.32. The summed E-state index contributed by atoms with van der Waals surface area (Å²) < 4.78 is 4.34. The molecule has 4 rings (SSSR count). The summed E-state index contributed by atoms with van der Waals surface area (Å²) in [5.41, 5.74) is 8.47. The number of aromatic nitrogens is 4. The summed E-state index contributed by atoms with van der Waals surface area (Å²) in [6.07, 6.45) is 3.94. The van der Waals surface area contributed by atoms with Crippen molar-refractivity contribution in [3.8, 4) is 17.1 Å². The van der Waals surface area contributed by atoms with Crippen molar-refractivity contribution in [3.05, 3.63) is 65.2 Å². The van der Waals surface area contributed by atoms with Crippen molar-refractivity contribution in [1.82, 2.24) is 19.1 Å². The van der Waals surface area contributed by atoms with Crippen LogP contribution in [0.15, 0.2) is 42.7 Å². The molecule has 0 N–H and O–H groups in total. The molecule has 0 radical (unpaired) electrons. The maximum absolute atomic E-state index is 4.69. The highest BCUT2D eigenvalue weighted by molar-refractivity contribution is 5.81. The molecule has 2 aromatic heterocycles. The van der Waals surface area contributed by atoms with Crippen LogP contribution in [0.25, 0.3) is 28.1 Å². The van der Waals surface area contributed by atoms with Crippen molar-refractivity contribution < 1.29 is 0 Å². The molecule has 2 heterocycles. The van der Waals surface area contributed by atoms with E-state index in [-0.39, 0.29) is 5.41 Å². The Hall–Kier alpha value is -2.88. The Morgan fingerprint density at radius 1 is 0.929 bits per heavy atom. The first-order valence-electron chi connectivity index (χ1n) is 9.75. The van der Waals surface area contributed by atoms with Gasteiger partial charge in [0.1, 0.15) is 11.6 Å². The van der Waals surface area contributed by atoms with Crippen molar-refractivity contribution in [2.75, 3.05) is 0 Å². The monoisotopic (exact) mass is 372 g/mol. The van der Waals surface area contributed by atoms with Gasteiger partial charge in [-0.3, -0.25) is 4.57 Å². The Morgan fingerprint density at radius 3 is 2.25 bits per heavy atom. The van der Waals surface area contributed by atoms with Gasteiger partial charge in [0.15, 0.2) is 0 Å². The van der Waals surface area contributed by atoms with Crippen molar-refractivity contribution in [2.45, 2.75) is 47.0 Å². The SMILES string of the molecule is Cc1cc(C(C)(C)C)cc(C)c1-n1ccnc1-c1ccc2nc(C)n(C)c2c1. The van der Waals surface area contributed by atoms with Crippen LogP contribution in [0.5, 0.6) is 0 Å². The molecular weight excluding hydrogens is 344 g/mol. The van der Waals surface area contributed by atoms with E-state index in [1.165, 1.54) is 22.4 Å². The molecule has 0 saturated carbocycles. The lowest BCUT2D eigenvalue weighted by molar-refractivity contribution is 0.589. The van der Waals surface area contributed by atoms with Crippen LogP contribution in [0.1, 0.15) is 43.3 Å². The Labute approximate surface area is 166 Å². The molecule has 28 heavy (non-hydrogen) atoms. The topological polar surface area (TPSA) is 35.6 Å². The van der Waals surface area contributed by atoms with Gasteiger partial charge in [-0.25, -0.2) is 9.97 Å². The minimum absolute atomic E-state index is 0.133. The Bertz CT molecular complexity index is 1160. The van der Waals surface area contributed by atoms with Gasteiger partial charge in [-0.2, -0.15) is 0 Å². The molecule has 0 bridgehead atoms. The van der Waals surface area contributed by atoms with Gasteiger partial charge in [-0.15, -0.1) is 0 Å². The molecule has 0 aliphatic heterocycles. The third kappa shape index (κ3) is 2.93. The lowest BCUT2D eigenvalue weighted by atomic mass is 9.84. The van der Waals surface area contributed by atoms with Gasteiger partial charge in [0.05, 0.1) is 16.7 Å². The van der Waals surface area contributed by atoms with E-state index in [1.807, 2.05) is 13.1 Å². The third-order valence-corrected chi connectivity index (χ3v) is 5.60. The molecule has 0 fully saturated rings. The molecule has 0 aliphatic carbocycles. The second-order valence-corrected chi connectivity index (χ2v) is 8.75. The highest BCUT2D eigenvalue weighted by Gasteiger charge is 2.19. The number of hydrogen-bond acceptors (Lipinski definition) is 2. The Balaban J connectivity index is 1.88. The summed E-state index contributed by atoms with van der Waals surface area (Å²) in [6.45, 7) is 13.2. The minimum atomic E-state index is 0.133. The highest BCUT2D eigenvalue weighted by atomic mass is 15.1. The zero-order chi connectivity index (χ0) is 20.2. The van der Waals surface area contributed by atoms with Crippen molar-refractivity contribution in [3.63, 3.8) is 0 Å². The number of aryl methyl sites for hydroxylation is 4. The first kappa shape index (κ1) is 18.5. The summed E-state index contributed by atoms with van der Waals surface area (Å²) in [6, 6.07) is 11.0. The number of fused-ring (bicyclic) bond motifs is 1. The summed E-state index contributed by atoms with van der Waals surface area (Å²) in [4.78, 5) is 9.31. The predicted molar refractivity (Wildman–Crippen MR) is 116 cm³/mol. The van der Waals surface area contributed by atoms with E-state index >= 15 is 0 Å². The summed E-state index contributed by atoms with van der Waals surface area (Å²) >= 11 is 0. The molecule has 0 aliphatic rings. The predicted octanol–water partition coefficient (Wildman–Crippen LogP) is 5.65. The smallest absolute Gasteiger partial charge is 0.144 e. The van der Waals surface area contributed by atoms with E-state index in [1.54, 1.807) is 0 Å². The van der Waals surface area contributed by atoms with E-state index < -0.39 is 0 Å². The normalized spacial score (nSPS) is 12.1. The molecule has 4 aromatic rings. The quantitative estimate of drug-likeness (QED) is 0.456. The Kier molecular flexibility index (Phi) is 4.18. The van der Waals surface area contributed by atoms with Crippen molar-refractivity contribution in [2.24, 2.45) is 7.05 Å². The molecule has 0 unspecified atom stereocenters. The van der Waals surface area contributed by atoms with Crippen LogP contribution in [0.3, 0.4) is 0 Å². The van der Waals surface area contributed by atoms with Gasteiger partial charge in [0, 0.05) is 25.0 Å². The van der Waals surface area contributed by atoms with Crippen molar-refractivity contribution in [1.29, 1.82) is 0 Å². The van der Waals surface area contributed by atoms with Gasteiger partial charge in [-0.1, -0.05) is 32.9 Å². The molecule has 0 saturated heterocycles. The average molecular weight is 373 g/mol. The summed E-state index contributed by atoms with van der Waals surface area (Å²) in [7, 11) is 2.06. The summed E-state index contributed by atoms with van der Waals surface area (Å²) in [5, 5.41) is 0. The van der Waals surface area contributed by atoms with E-state index in [4.69, 9.17) is 4.98 Å². The van der Waals surface area contributed by atoms with Crippen LogP contribution in [0.4, 0.5) is 0 Å². The first-order valence-corrected chi connectivity index (χ1v) is 9.75. The standard InChI is InChI=1S/C24H28N4/c1-15-12-19(24(4,5)6)13-16(2)22(15)28-11-10-25-23(28)18-8-9-20-21(14-18)27(7)17(3)26-20/h8-14H,1-7H3.